The molecule has 2 unspecified atom stereocenters. The van der Waals surface area contributed by atoms with Crippen LogP contribution in [-0.4, -0.2) is 15.8 Å². The van der Waals surface area contributed by atoms with Crippen LogP contribution in [0, 0.1) is 0 Å². The third kappa shape index (κ3) is 1.60. The van der Waals surface area contributed by atoms with Gasteiger partial charge in [0.05, 0.1) is 5.60 Å². The van der Waals surface area contributed by atoms with Gasteiger partial charge >= 0.3 is 0 Å². The SMILES string of the molecule is CC1(O)CC=CCC1(O)c1ccccc1. The first kappa shape index (κ1) is 10.4. The van der Waals surface area contributed by atoms with Crippen molar-refractivity contribution in [1.82, 2.24) is 0 Å². The summed E-state index contributed by atoms with van der Waals surface area (Å²) >= 11 is 0. The van der Waals surface area contributed by atoms with Crippen LogP contribution in [0.1, 0.15) is 25.3 Å². The second-order valence-corrected chi connectivity index (χ2v) is 4.38. The monoisotopic (exact) mass is 204 g/mol. The van der Waals surface area contributed by atoms with Gasteiger partial charge in [0.1, 0.15) is 5.60 Å². The van der Waals surface area contributed by atoms with Crippen molar-refractivity contribution in [2.24, 2.45) is 0 Å². The molecule has 0 aromatic heterocycles. The summed E-state index contributed by atoms with van der Waals surface area (Å²) in [6.45, 7) is 1.68. The second-order valence-electron chi connectivity index (χ2n) is 4.38. The molecular formula is C13H16O2. The first-order valence-electron chi connectivity index (χ1n) is 5.21. The Kier molecular flexibility index (Phi) is 2.41. The topological polar surface area (TPSA) is 40.5 Å². The van der Waals surface area contributed by atoms with Crippen LogP contribution in [0.3, 0.4) is 0 Å². The van der Waals surface area contributed by atoms with E-state index in [-0.39, 0.29) is 0 Å². The van der Waals surface area contributed by atoms with Crippen LogP contribution >= 0.6 is 0 Å². The van der Waals surface area contributed by atoms with Gasteiger partial charge in [0.25, 0.3) is 0 Å². The van der Waals surface area contributed by atoms with Gasteiger partial charge in [0.15, 0.2) is 0 Å². The van der Waals surface area contributed by atoms with Crippen LogP contribution in [0.4, 0.5) is 0 Å². The highest BCUT2D eigenvalue weighted by Crippen LogP contribution is 2.41. The normalized spacial score (nSPS) is 35.4. The van der Waals surface area contributed by atoms with Crippen LogP contribution < -0.4 is 0 Å². The standard InChI is InChI=1S/C13H16O2/c1-12(14)9-5-6-10-13(12,15)11-7-3-2-4-8-11/h2-8,14-15H,9-10H2,1H3. The fourth-order valence-electron chi connectivity index (χ4n) is 2.10. The molecule has 0 fully saturated rings. The molecule has 1 aliphatic carbocycles. The molecular weight excluding hydrogens is 188 g/mol. The first-order chi connectivity index (χ1) is 7.06. The van der Waals surface area contributed by atoms with Crippen LogP contribution in [-0.2, 0) is 5.60 Å². The molecule has 15 heavy (non-hydrogen) atoms. The van der Waals surface area contributed by atoms with Gasteiger partial charge in [-0.1, -0.05) is 42.5 Å². The van der Waals surface area contributed by atoms with Crippen molar-refractivity contribution in [2.45, 2.75) is 31.0 Å². The lowest BCUT2D eigenvalue weighted by molar-refractivity contribution is -0.148. The molecule has 2 heteroatoms. The third-order valence-electron chi connectivity index (χ3n) is 3.24. The molecule has 0 saturated carbocycles. The number of hydrogen-bond acceptors (Lipinski definition) is 2. The smallest absolute Gasteiger partial charge is 0.122 e. The molecule has 2 nitrogen and oxygen atoms in total. The largest absolute Gasteiger partial charge is 0.386 e. The molecule has 1 aliphatic rings. The molecule has 0 heterocycles. The Morgan fingerprint density at radius 3 is 2.20 bits per heavy atom. The van der Waals surface area contributed by atoms with Crippen molar-refractivity contribution >= 4 is 0 Å². The van der Waals surface area contributed by atoms with Crippen molar-refractivity contribution in [3.63, 3.8) is 0 Å². The number of rotatable bonds is 1. The predicted molar refractivity (Wildman–Crippen MR) is 59.3 cm³/mol. The number of benzene rings is 1. The van der Waals surface area contributed by atoms with Gasteiger partial charge in [-0.2, -0.15) is 0 Å². The van der Waals surface area contributed by atoms with Gasteiger partial charge in [-0.15, -0.1) is 0 Å². The third-order valence-corrected chi connectivity index (χ3v) is 3.24. The van der Waals surface area contributed by atoms with E-state index < -0.39 is 11.2 Å². The molecule has 0 bridgehead atoms. The van der Waals surface area contributed by atoms with Crippen LogP contribution in [0.2, 0.25) is 0 Å². The summed E-state index contributed by atoms with van der Waals surface area (Å²) in [5.74, 6) is 0. The average molecular weight is 204 g/mol. The van der Waals surface area contributed by atoms with Crippen molar-refractivity contribution in [3.05, 3.63) is 48.0 Å². The Morgan fingerprint density at radius 1 is 1.00 bits per heavy atom. The average Bonchev–Trinajstić information content (AvgIpc) is 2.24. The van der Waals surface area contributed by atoms with Gasteiger partial charge in [0.2, 0.25) is 0 Å². The molecule has 2 N–H and O–H groups in total. The van der Waals surface area contributed by atoms with E-state index in [1.54, 1.807) is 6.92 Å². The first-order valence-corrected chi connectivity index (χ1v) is 5.21. The van der Waals surface area contributed by atoms with Crippen LogP contribution in [0.5, 0.6) is 0 Å². The Bertz CT molecular complexity index is 367. The van der Waals surface area contributed by atoms with Gasteiger partial charge < -0.3 is 10.2 Å². The highest BCUT2D eigenvalue weighted by Gasteiger charge is 2.46. The van der Waals surface area contributed by atoms with E-state index in [4.69, 9.17) is 0 Å². The molecule has 2 atom stereocenters. The fourth-order valence-corrected chi connectivity index (χ4v) is 2.10. The Hall–Kier alpha value is -1.12. The van der Waals surface area contributed by atoms with E-state index in [9.17, 15) is 10.2 Å². The lowest BCUT2D eigenvalue weighted by Gasteiger charge is -2.43. The van der Waals surface area contributed by atoms with Crippen LogP contribution in [0.15, 0.2) is 42.5 Å². The predicted octanol–water partition coefficient (Wildman–Crippen LogP) is 1.98. The van der Waals surface area contributed by atoms with E-state index >= 15 is 0 Å². The molecule has 0 radical (unpaired) electrons. The maximum Gasteiger partial charge on any atom is 0.122 e. The molecule has 0 aliphatic heterocycles. The summed E-state index contributed by atoms with van der Waals surface area (Å²) in [5, 5.41) is 20.8. The number of aliphatic hydroxyl groups is 2. The van der Waals surface area contributed by atoms with Gasteiger partial charge in [-0.05, 0) is 18.9 Å². The molecule has 2 rings (SSSR count). The molecule has 1 aromatic rings. The Labute approximate surface area is 89.9 Å². The van der Waals surface area contributed by atoms with Gasteiger partial charge in [0, 0.05) is 6.42 Å². The van der Waals surface area contributed by atoms with E-state index in [1.807, 2.05) is 42.5 Å². The minimum Gasteiger partial charge on any atom is -0.386 e. The zero-order chi connectivity index (χ0) is 10.9. The summed E-state index contributed by atoms with van der Waals surface area (Å²) in [6.07, 6.45) is 4.78. The maximum absolute atomic E-state index is 10.6. The summed E-state index contributed by atoms with van der Waals surface area (Å²) < 4.78 is 0. The summed E-state index contributed by atoms with van der Waals surface area (Å²) in [6, 6.07) is 9.37. The highest BCUT2D eigenvalue weighted by molar-refractivity contribution is 5.29. The molecule has 0 amide bonds. The van der Waals surface area contributed by atoms with Gasteiger partial charge in [-0.25, -0.2) is 0 Å². The zero-order valence-electron chi connectivity index (χ0n) is 8.85. The minimum atomic E-state index is -1.16. The van der Waals surface area contributed by atoms with Gasteiger partial charge in [-0.3, -0.25) is 0 Å². The Morgan fingerprint density at radius 2 is 1.60 bits per heavy atom. The lowest BCUT2D eigenvalue weighted by atomic mass is 9.72. The lowest BCUT2D eigenvalue weighted by Crippen LogP contribution is -2.50. The molecule has 0 saturated heterocycles. The van der Waals surface area contributed by atoms with Crippen molar-refractivity contribution in [3.8, 4) is 0 Å². The van der Waals surface area contributed by atoms with E-state index in [0.717, 1.165) is 5.56 Å². The number of hydrogen-bond donors (Lipinski definition) is 2. The summed E-state index contributed by atoms with van der Waals surface area (Å²) in [4.78, 5) is 0. The zero-order valence-corrected chi connectivity index (χ0v) is 8.85. The Balaban J connectivity index is 2.45. The second kappa shape index (κ2) is 3.47. The van der Waals surface area contributed by atoms with E-state index in [0.29, 0.717) is 12.8 Å². The maximum atomic E-state index is 10.6. The summed E-state index contributed by atoms with van der Waals surface area (Å²) in [7, 11) is 0. The summed E-state index contributed by atoms with van der Waals surface area (Å²) in [5.41, 5.74) is -1.48. The van der Waals surface area contributed by atoms with E-state index in [2.05, 4.69) is 0 Å². The molecule has 80 valence electrons. The van der Waals surface area contributed by atoms with E-state index in [1.165, 1.54) is 0 Å². The molecule has 1 aromatic carbocycles. The van der Waals surface area contributed by atoms with Crippen molar-refractivity contribution in [1.29, 1.82) is 0 Å². The highest BCUT2D eigenvalue weighted by atomic mass is 16.4. The van der Waals surface area contributed by atoms with Crippen LogP contribution in [0.25, 0.3) is 0 Å². The van der Waals surface area contributed by atoms with Crippen molar-refractivity contribution in [2.75, 3.05) is 0 Å². The quantitative estimate of drug-likeness (QED) is 0.687. The molecule has 0 spiro atoms. The van der Waals surface area contributed by atoms with Crippen molar-refractivity contribution < 1.29 is 10.2 Å². The fraction of sp³-hybridized carbons (Fsp3) is 0.385. The minimum absolute atomic E-state index is 0.462.